The molecule has 0 spiro atoms. The van der Waals surface area contributed by atoms with E-state index < -0.39 is 16.3 Å². The summed E-state index contributed by atoms with van der Waals surface area (Å²) in [6, 6.07) is 13.5. The Hall–Kier alpha value is -2.47. The average molecular weight is 316 g/mol. The number of rotatable bonds is 3. The van der Waals surface area contributed by atoms with Crippen LogP contribution in [0.5, 0.6) is 0 Å². The zero-order chi connectivity index (χ0) is 16.4. The maximum Gasteiger partial charge on any atom is 0.272 e. The standard InChI is InChI=1S/C17H17FN2O3/c1-17(13-5-3-2-4-6-13)12-19(9-10-23-17)16-8-7-14(20(21)22)11-15(16)18/h2-8,11H,9-10,12H2,1H3. The quantitative estimate of drug-likeness (QED) is 0.642. The summed E-state index contributed by atoms with van der Waals surface area (Å²) in [6.07, 6.45) is 0. The summed E-state index contributed by atoms with van der Waals surface area (Å²) in [5.41, 5.74) is 0.590. The van der Waals surface area contributed by atoms with Crippen molar-refractivity contribution in [3.63, 3.8) is 0 Å². The molecule has 5 nitrogen and oxygen atoms in total. The van der Waals surface area contributed by atoms with E-state index in [0.29, 0.717) is 25.4 Å². The van der Waals surface area contributed by atoms with Crippen molar-refractivity contribution in [1.29, 1.82) is 0 Å². The van der Waals surface area contributed by atoms with E-state index in [-0.39, 0.29) is 5.69 Å². The second kappa shape index (κ2) is 5.96. The van der Waals surface area contributed by atoms with E-state index >= 15 is 0 Å². The molecule has 6 heteroatoms. The van der Waals surface area contributed by atoms with Crippen molar-refractivity contribution in [2.24, 2.45) is 0 Å². The molecule has 0 aromatic heterocycles. The first kappa shape index (κ1) is 15.4. The number of anilines is 1. The van der Waals surface area contributed by atoms with Crippen LogP contribution in [0.4, 0.5) is 15.8 Å². The molecule has 0 amide bonds. The number of hydrogen-bond donors (Lipinski definition) is 0. The minimum atomic E-state index is -0.597. The van der Waals surface area contributed by atoms with Gasteiger partial charge in [0.2, 0.25) is 0 Å². The topological polar surface area (TPSA) is 55.6 Å². The van der Waals surface area contributed by atoms with Crippen LogP contribution >= 0.6 is 0 Å². The molecule has 0 bridgehead atoms. The highest BCUT2D eigenvalue weighted by atomic mass is 19.1. The van der Waals surface area contributed by atoms with E-state index in [9.17, 15) is 14.5 Å². The van der Waals surface area contributed by atoms with Crippen molar-refractivity contribution in [2.75, 3.05) is 24.6 Å². The number of hydrogen-bond acceptors (Lipinski definition) is 4. The van der Waals surface area contributed by atoms with Crippen molar-refractivity contribution in [3.8, 4) is 0 Å². The second-order valence-corrected chi connectivity index (χ2v) is 5.76. The van der Waals surface area contributed by atoms with Crippen molar-refractivity contribution in [3.05, 3.63) is 70.0 Å². The molecule has 23 heavy (non-hydrogen) atoms. The number of halogens is 1. The maximum atomic E-state index is 14.3. The Bertz CT molecular complexity index is 723. The Balaban J connectivity index is 1.88. The molecule has 1 aliphatic rings. The molecule has 1 saturated heterocycles. The number of benzene rings is 2. The van der Waals surface area contributed by atoms with E-state index in [0.717, 1.165) is 11.6 Å². The van der Waals surface area contributed by atoms with Gasteiger partial charge in [0.25, 0.3) is 5.69 Å². The molecule has 1 atom stereocenters. The van der Waals surface area contributed by atoms with Crippen molar-refractivity contribution >= 4 is 11.4 Å². The zero-order valence-electron chi connectivity index (χ0n) is 12.7. The molecule has 1 unspecified atom stereocenters. The third kappa shape index (κ3) is 3.03. The zero-order valence-corrected chi connectivity index (χ0v) is 12.7. The Kier molecular flexibility index (Phi) is 4.00. The lowest BCUT2D eigenvalue weighted by Crippen LogP contribution is -2.48. The summed E-state index contributed by atoms with van der Waals surface area (Å²) in [5, 5.41) is 10.7. The van der Waals surface area contributed by atoms with E-state index in [4.69, 9.17) is 4.74 Å². The molecule has 0 aliphatic carbocycles. The fraction of sp³-hybridized carbons (Fsp3) is 0.294. The number of non-ortho nitro benzene ring substituents is 1. The minimum absolute atomic E-state index is 0.245. The van der Waals surface area contributed by atoms with E-state index in [1.54, 1.807) is 0 Å². The van der Waals surface area contributed by atoms with Crippen LogP contribution in [0.25, 0.3) is 0 Å². The van der Waals surface area contributed by atoms with E-state index in [2.05, 4.69) is 0 Å². The first-order valence-corrected chi connectivity index (χ1v) is 7.38. The fourth-order valence-electron chi connectivity index (χ4n) is 2.91. The Morgan fingerprint density at radius 2 is 2.00 bits per heavy atom. The molecule has 1 fully saturated rings. The van der Waals surface area contributed by atoms with Gasteiger partial charge in [-0.15, -0.1) is 0 Å². The van der Waals surface area contributed by atoms with Gasteiger partial charge in [0.05, 0.1) is 29.8 Å². The first-order chi connectivity index (χ1) is 11.0. The molecular weight excluding hydrogens is 299 g/mol. The van der Waals surface area contributed by atoms with Gasteiger partial charge in [-0.3, -0.25) is 10.1 Å². The van der Waals surface area contributed by atoms with Crippen LogP contribution in [0.2, 0.25) is 0 Å². The molecule has 1 aliphatic heterocycles. The molecule has 1 heterocycles. The van der Waals surface area contributed by atoms with Crippen LogP contribution in [0.3, 0.4) is 0 Å². The molecule has 3 rings (SSSR count). The molecule has 0 N–H and O–H groups in total. The van der Waals surface area contributed by atoms with Gasteiger partial charge in [0.1, 0.15) is 5.60 Å². The number of nitrogens with zero attached hydrogens (tertiary/aromatic N) is 2. The monoisotopic (exact) mass is 316 g/mol. The summed E-state index contributed by atoms with van der Waals surface area (Å²) in [7, 11) is 0. The summed E-state index contributed by atoms with van der Waals surface area (Å²) >= 11 is 0. The smallest absolute Gasteiger partial charge is 0.272 e. The number of morpholine rings is 1. The van der Waals surface area contributed by atoms with E-state index in [1.165, 1.54) is 12.1 Å². The highest BCUT2D eigenvalue weighted by molar-refractivity contribution is 5.53. The molecule has 0 radical (unpaired) electrons. The van der Waals surface area contributed by atoms with Gasteiger partial charge in [-0.2, -0.15) is 0 Å². The van der Waals surface area contributed by atoms with Crippen molar-refractivity contribution < 1.29 is 14.1 Å². The van der Waals surface area contributed by atoms with E-state index in [1.807, 2.05) is 42.2 Å². The first-order valence-electron chi connectivity index (χ1n) is 7.38. The lowest BCUT2D eigenvalue weighted by molar-refractivity contribution is -0.385. The molecular formula is C17H17FN2O3. The number of nitro benzene ring substituents is 1. The van der Waals surface area contributed by atoms with Crippen LogP contribution in [0, 0.1) is 15.9 Å². The number of nitro groups is 1. The van der Waals surface area contributed by atoms with Gasteiger partial charge >= 0.3 is 0 Å². The molecule has 120 valence electrons. The van der Waals surface area contributed by atoms with Gasteiger partial charge in [-0.25, -0.2) is 4.39 Å². The van der Waals surface area contributed by atoms with Crippen LogP contribution in [0.15, 0.2) is 48.5 Å². The molecule has 0 saturated carbocycles. The molecule has 2 aromatic carbocycles. The lowest BCUT2D eigenvalue weighted by Gasteiger charge is -2.42. The molecule has 2 aromatic rings. The predicted octanol–water partition coefficient (Wildman–Crippen LogP) is 3.49. The predicted molar refractivity (Wildman–Crippen MR) is 85.0 cm³/mol. The van der Waals surface area contributed by atoms with Gasteiger partial charge < -0.3 is 9.64 Å². The maximum absolute atomic E-state index is 14.3. The summed E-state index contributed by atoms with van der Waals surface area (Å²) < 4.78 is 20.2. The Morgan fingerprint density at radius 3 is 2.65 bits per heavy atom. The third-order valence-corrected chi connectivity index (χ3v) is 4.14. The third-order valence-electron chi connectivity index (χ3n) is 4.14. The van der Waals surface area contributed by atoms with Gasteiger partial charge in [-0.05, 0) is 18.6 Å². The van der Waals surface area contributed by atoms with Gasteiger partial charge in [0, 0.05) is 12.6 Å². The van der Waals surface area contributed by atoms with Crippen LogP contribution in [0.1, 0.15) is 12.5 Å². The second-order valence-electron chi connectivity index (χ2n) is 5.76. The van der Waals surface area contributed by atoms with Gasteiger partial charge in [-0.1, -0.05) is 30.3 Å². The van der Waals surface area contributed by atoms with Crippen LogP contribution in [-0.4, -0.2) is 24.6 Å². The highest BCUT2D eigenvalue weighted by Gasteiger charge is 2.34. The lowest BCUT2D eigenvalue weighted by atomic mass is 9.93. The highest BCUT2D eigenvalue weighted by Crippen LogP contribution is 2.33. The summed E-state index contributed by atoms with van der Waals surface area (Å²) in [5.74, 6) is -0.587. The van der Waals surface area contributed by atoms with Crippen LogP contribution in [-0.2, 0) is 10.3 Å². The average Bonchev–Trinajstić information content (AvgIpc) is 2.55. The summed E-state index contributed by atoms with van der Waals surface area (Å²) in [4.78, 5) is 12.0. The van der Waals surface area contributed by atoms with Crippen molar-refractivity contribution in [1.82, 2.24) is 0 Å². The van der Waals surface area contributed by atoms with Gasteiger partial charge in [0.15, 0.2) is 5.82 Å². The number of ether oxygens (including phenoxy) is 1. The largest absolute Gasteiger partial charge is 0.367 e. The minimum Gasteiger partial charge on any atom is -0.367 e. The van der Waals surface area contributed by atoms with Crippen molar-refractivity contribution in [2.45, 2.75) is 12.5 Å². The fourth-order valence-corrected chi connectivity index (χ4v) is 2.91. The normalized spacial score (nSPS) is 21.2. The Morgan fingerprint density at radius 1 is 1.26 bits per heavy atom. The Labute approximate surface area is 133 Å². The summed E-state index contributed by atoms with van der Waals surface area (Å²) in [6.45, 7) is 3.45. The SMILES string of the molecule is CC1(c2ccccc2)CN(c2ccc([N+](=O)[O-])cc2F)CCO1. The van der Waals surface area contributed by atoms with Crippen LogP contribution < -0.4 is 4.90 Å².